The Morgan fingerprint density at radius 2 is 2.14 bits per heavy atom. The molecule has 2 aromatic rings. The number of benzene rings is 1. The molecule has 1 fully saturated rings. The summed E-state index contributed by atoms with van der Waals surface area (Å²) in [5.74, 6) is 0.900. The minimum Gasteiger partial charge on any atom is -0.357 e. The summed E-state index contributed by atoms with van der Waals surface area (Å²) in [6.07, 6.45) is 2.50. The predicted molar refractivity (Wildman–Crippen MR) is 88.5 cm³/mol. The zero-order valence-electron chi connectivity index (χ0n) is 12.2. The van der Waals surface area contributed by atoms with E-state index in [0.29, 0.717) is 12.6 Å². The van der Waals surface area contributed by atoms with Crippen molar-refractivity contribution in [2.24, 2.45) is 4.99 Å². The van der Waals surface area contributed by atoms with Crippen LogP contribution in [0.3, 0.4) is 0 Å². The molecule has 21 heavy (non-hydrogen) atoms. The van der Waals surface area contributed by atoms with E-state index in [2.05, 4.69) is 45.0 Å². The van der Waals surface area contributed by atoms with Crippen molar-refractivity contribution in [3.63, 3.8) is 0 Å². The van der Waals surface area contributed by atoms with E-state index in [1.54, 1.807) is 11.3 Å². The Morgan fingerprint density at radius 1 is 1.33 bits per heavy atom. The van der Waals surface area contributed by atoms with Crippen LogP contribution in [0.25, 0.3) is 11.3 Å². The molecule has 0 spiro atoms. The van der Waals surface area contributed by atoms with Crippen LogP contribution in [0.15, 0.2) is 40.7 Å². The molecule has 110 valence electrons. The molecule has 1 aliphatic carbocycles. The topological polar surface area (TPSA) is 49.3 Å². The van der Waals surface area contributed by atoms with Gasteiger partial charge < -0.3 is 10.6 Å². The number of guanidine groups is 1. The van der Waals surface area contributed by atoms with Crippen molar-refractivity contribution in [2.75, 3.05) is 6.54 Å². The molecule has 1 saturated carbocycles. The third-order valence-corrected chi connectivity index (χ3v) is 4.09. The first-order valence-electron chi connectivity index (χ1n) is 7.40. The molecule has 0 atom stereocenters. The molecule has 1 aromatic heterocycles. The molecule has 4 nitrogen and oxygen atoms in total. The molecule has 0 saturated heterocycles. The van der Waals surface area contributed by atoms with Gasteiger partial charge in [0.2, 0.25) is 0 Å². The van der Waals surface area contributed by atoms with Gasteiger partial charge in [-0.05, 0) is 19.8 Å². The van der Waals surface area contributed by atoms with Crippen LogP contribution in [0.1, 0.15) is 24.8 Å². The molecular weight excluding hydrogens is 280 g/mol. The Labute approximate surface area is 129 Å². The maximum atomic E-state index is 4.66. The summed E-state index contributed by atoms with van der Waals surface area (Å²) in [5.41, 5.74) is 2.19. The number of thiazole rings is 1. The van der Waals surface area contributed by atoms with Crippen molar-refractivity contribution in [3.8, 4) is 11.3 Å². The van der Waals surface area contributed by atoms with Crippen LogP contribution in [-0.2, 0) is 6.54 Å². The van der Waals surface area contributed by atoms with E-state index in [1.165, 1.54) is 12.8 Å². The molecular formula is C16H20N4S. The van der Waals surface area contributed by atoms with Crippen molar-refractivity contribution in [2.45, 2.75) is 32.4 Å². The lowest BCUT2D eigenvalue weighted by atomic mass is 10.2. The van der Waals surface area contributed by atoms with Crippen molar-refractivity contribution < 1.29 is 0 Å². The van der Waals surface area contributed by atoms with Gasteiger partial charge >= 0.3 is 0 Å². The third-order valence-electron chi connectivity index (χ3n) is 3.26. The molecule has 0 amide bonds. The highest BCUT2D eigenvalue weighted by atomic mass is 32.1. The van der Waals surface area contributed by atoms with E-state index in [9.17, 15) is 0 Å². The number of aromatic nitrogens is 1. The molecule has 1 heterocycles. The molecule has 0 aliphatic heterocycles. The molecule has 5 heteroatoms. The van der Waals surface area contributed by atoms with Crippen LogP contribution in [0.4, 0.5) is 0 Å². The maximum absolute atomic E-state index is 4.66. The quantitative estimate of drug-likeness (QED) is 0.659. The number of rotatable bonds is 5. The molecule has 0 unspecified atom stereocenters. The van der Waals surface area contributed by atoms with Gasteiger partial charge in [0, 0.05) is 23.5 Å². The second kappa shape index (κ2) is 6.72. The van der Waals surface area contributed by atoms with Crippen molar-refractivity contribution in [1.29, 1.82) is 0 Å². The van der Waals surface area contributed by atoms with Gasteiger partial charge in [-0.15, -0.1) is 11.3 Å². The second-order valence-electron chi connectivity index (χ2n) is 5.11. The molecule has 1 aromatic carbocycles. The third kappa shape index (κ3) is 4.04. The Balaban J connectivity index is 1.65. The van der Waals surface area contributed by atoms with E-state index in [-0.39, 0.29) is 0 Å². The molecule has 2 N–H and O–H groups in total. The average Bonchev–Trinajstić information content (AvgIpc) is 3.20. The first-order valence-corrected chi connectivity index (χ1v) is 8.28. The first kappa shape index (κ1) is 14.1. The van der Waals surface area contributed by atoms with E-state index in [0.717, 1.165) is 28.8 Å². The van der Waals surface area contributed by atoms with Crippen LogP contribution < -0.4 is 10.6 Å². The highest BCUT2D eigenvalue weighted by molar-refractivity contribution is 7.09. The van der Waals surface area contributed by atoms with Gasteiger partial charge in [-0.25, -0.2) is 9.98 Å². The van der Waals surface area contributed by atoms with Crippen molar-refractivity contribution in [3.05, 3.63) is 40.7 Å². The summed E-state index contributed by atoms with van der Waals surface area (Å²) < 4.78 is 0. The molecule has 0 bridgehead atoms. The normalized spacial score (nSPS) is 15.0. The highest BCUT2D eigenvalue weighted by Crippen LogP contribution is 2.22. The van der Waals surface area contributed by atoms with Crippen LogP contribution in [0.2, 0.25) is 0 Å². The SMILES string of the molecule is CCNC(=NCc1nc(-c2ccccc2)cs1)NC1CC1. The number of nitrogens with zero attached hydrogens (tertiary/aromatic N) is 2. The van der Waals surface area contributed by atoms with Gasteiger partial charge in [0.05, 0.1) is 12.2 Å². The van der Waals surface area contributed by atoms with E-state index < -0.39 is 0 Å². The predicted octanol–water partition coefficient (Wildman–Crippen LogP) is 3.03. The Hall–Kier alpha value is -1.88. The van der Waals surface area contributed by atoms with Gasteiger partial charge in [0.25, 0.3) is 0 Å². The lowest BCUT2D eigenvalue weighted by Crippen LogP contribution is -2.38. The van der Waals surface area contributed by atoms with E-state index in [1.807, 2.05) is 18.2 Å². The molecule has 3 rings (SSSR count). The van der Waals surface area contributed by atoms with Gasteiger partial charge in [-0.1, -0.05) is 30.3 Å². The minimum atomic E-state index is 0.610. The number of nitrogens with one attached hydrogen (secondary N) is 2. The smallest absolute Gasteiger partial charge is 0.191 e. The summed E-state index contributed by atoms with van der Waals surface area (Å²) in [5, 5.41) is 9.84. The molecule has 0 radical (unpaired) electrons. The maximum Gasteiger partial charge on any atom is 0.191 e. The number of aliphatic imine (C=N–C) groups is 1. The first-order chi connectivity index (χ1) is 10.3. The van der Waals surface area contributed by atoms with Crippen molar-refractivity contribution in [1.82, 2.24) is 15.6 Å². The number of hydrogen-bond donors (Lipinski definition) is 2. The van der Waals surface area contributed by atoms with Crippen LogP contribution >= 0.6 is 11.3 Å². The van der Waals surface area contributed by atoms with Gasteiger partial charge in [0.1, 0.15) is 5.01 Å². The fourth-order valence-electron chi connectivity index (χ4n) is 2.01. The zero-order chi connectivity index (χ0) is 14.5. The Kier molecular flexibility index (Phi) is 4.50. The fraction of sp³-hybridized carbons (Fsp3) is 0.375. The van der Waals surface area contributed by atoms with Crippen LogP contribution in [0, 0.1) is 0 Å². The largest absolute Gasteiger partial charge is 0.357 e. The Bertz CT molecular complexity index is 602. The summed E-state index contributed by atoms with van der Waals surface area (Å²) in [7, 11) is 0. The summed E-state index contributed by atoms with van der Waals surface area (Å²) >= 11 is 1.67. The number of hydrogen-bond acceptors (Lipinski definition) is 3. The summed E-state index contributed by atoms with van der Waals surface area (Å²) in [6.45, 7) is 3.59. The van der Waals surface area contributed by atoms with Crippen LogP contribution in [-0.4, -0.2) is 23.5 Å². The van der Waals surface area contributed by atoms with E-state index >= 15 is 0 Å². The monoisotopic (exact) mass is 300 g/mol. The lowest BCUT2D eigenvalue weighted by Gasteiger charge is -2.09. The molecule has 1 aliphatic rings. The van der Waals surface area contributed by atoms with Crippen molar-refractivity contribution >= 4 is 17.3 Å². The van der Waals surface area contributed by atoms with E-state index in [4.69, 9.17) is 0 Å². The summed E-state index contributed by atoms with van der Waals surface area (Å²) in [4.78, 5) is 9.28. The lowest BCUT2D eigenvalue weighted by molar-refractivity contribution is 0.811. The van der Waals surface area contributed by atoms with Gasteiger partial charge in [0.15, 0.2) is 5.96 Å². The van der Waals surface area contributed by atoms with Gasteiger partial charge in [-0.2, -0.15) is 0 Å². The van der Waals surface area contributed by atoms with Gasteiger partial charge in [-0.3, -0.25) is 0 Å². The van der Waals surface area contributed by atoms with Crippen LogP contribution in [0.5, 0.6) is 0 Å². The Morgan fingerprint density at radius 3 is 2.86 bits per heavy atom. The zero-order valence-corrected chi connectivity index (χ0v) is 13.0. The average molecular weight is 300 g/mol. The summed E-state index contributed by atoms with van der Waals surface area (Å²) in [6, 6.07) is 10.9. The highest BCUT2D eigenvalue weighted by Gasteiger charge is 2.22. The minimum absolute atomic E-state index is 0.610. The fourth-order valence-corrected chi connectivity index (χ4v) is 2.74. The second-order valence-corrected chi connectivity index (χ2v) is 6.05. The standard InChI is InChI=1S/C16H20N4S/c1-2-17-16(19-13-8-9-13)18-10-15-20-14(11-21-15)12-6-4-3-5-7-12/h3-7,11,13H,2,8-10H2,1H3,(H2,17,18,19).